The third-order valence-electron chi connectivity index (χ3n) is 3.40. The summed E-state index contributed by atoms with van der Waals surface area (Å²) in [5.74, 6) is 5.03. The lowest BCUT2D eigenvalue weighted by molar-refractivity contribution is -0.154. The van der Waals surface area contributed by atoms with Crippen LogP contribution in [-0.2, 0) is 19.0 Å². The summed E-state index contributed by atoms with van der Waals surface area (Å²) in [6, 6.07) is 8.65. The fourth-order valence-electron chi connectivity index (χ4n) is 1.99. The first-order chi connectivity index (χ1) is 12.1. The second-order valence-electron chi connectivity index (χ2n) is 5.01. The van der Waals surface area contributed by atoms with Crippen LogP contribution in [0.25, 0.3) is 0 Å². The van der Waals surface area contributed by atoms with E-state index in [-0.39, 0.29) is 13.2 Å². The van der Waals surface area contributed by atoms with Crippen molar-refractivity contribution in [3.05, 3.63) is 35.9 Å². The summed E-state index contributed by atoms with van der Waals surface area (Å²) in [4.78, 5) is 26.0. The summed E-state index contributed by atoms with van der Waals surface area (Å²) in [6.45, 7) is 8.32. The number of hydrogen-bond donors (Lipinski definition) is 0. The number of ether oxygens (including phenoxy) is 3. The Morgan fingerprint density at radius 3 is 2.32 bits per heavy atom. The first-order valence-electron chi connectivity index (χ1n) is 8.35. The Bertz CT molecular complexity index is 587. The molecule has 136 valence electrons. The maximum Gasteiger partial charge on any atom is 0.510 e. The topological polar surface area (TPSA) is 65.1 Å². The zero-order chi connectivity index (χ0) is 18.5. The quantitative estimate of drug-likeness (QED) is 0.532. The van der Waals surface area contributed by atoms with Crippen LogP contribution in [0.2, 0.25) is 0 Å². The molecule has 0 aromatic heterocycles. The minimum absolute atomic E-state index is 0.0928. The van der Waals surface area contributed by atoms with E-state index in [1.807, 2.05) is 0 Å². The van der Waals surface area contributed by atoms with Gasteiger partial charge in [-0.25, -0.2) is 9.59 Å². The molecule has 6 nitrogen and oxygen atoms in total. The number of esters is 1. The first kappa shape index (κ1) is 20.5. The maximum atomic E-state index is 12.0. The molecule has 0 heterocycles. The highest BCUT2D eigenvalue weighted by Gasteiger charge is 2.26. The summed E-state index contributed by atoms with van der Waals surface area (Å²) in [7, 11) is 0. The van der Waals surface area contributed by atoms with Crippen LogP contribution in [0, 0.1) is 11.8 Å². The molecule has 0 saturated carbocycles. The molecule has 0 saturated heterocycles. The molecule has 0 bridgehead atoms. The van der Waals surface area contributed by atoms with Gasteiger partial charge in [0.1, 0.15) is 0 Å². The van der Waals surface area contributed by atoms with Crippen molar-refractivity contribution in [2.45, 2.75) is 26.9 Å². The summed E-state index contributed by atoms with van der Waals surface area (Å²) < 4.78 is 15.0. The van der Waals surface area contributed by atoms with Crippen molar-refractivity contribution in [3.8, 4) is 11.8 Å². The van der Waals surface area contributed by atoms with E-state index in [9.17, 15) is 9.59 Å². The number of nitrogens with zero attached hydrogens (tertiary/aromatic N) is 1. The van der Waals surface area contributed by atoms with E-state index in [1.54, 1.807) is 37.3 Å². The second kappa shape index (κ2) is 11.9. The minimum atomic E-state index is -1.16. The number of hydrogen-bond acceptors (Lipinski definition) is 6. The van der Waals surface area contributed by atoms with Crippen molar-refractivity contribution >= 4 is 12.1 Å². The van der Waals surface area contributed by atoms with Gasteiger partial charge in [-0.05, 0) is 20.0 Å². The zero-order valence-corrected chi connectivity index (χ0v) is 15.0. The number of rotatable bonds is 8. The molecule has 0 aliphatic heterocycles. The van der Waals surface area contributed by atoms with Gasteiger partial charge in [-0.2, -0.15) is 0 Å². The van der Waals surface area contributed by atoms with Crippen molar-refractivity contribution < 1.29 is 23.8 Å². The summed E-state index contributed by atoms with van der Waals surface area (Å²) in [5.41, 5.74) is 0.519. The highest BCUT2D eigenvalue weighted by Crippen LogP contribution is 2.19. The molecule has 0 fully saturated rings. The molecule has 1 unspecified atom stereocenters. The lowest BCUT2D eigenvalue weighted by atomic mass is 10.1. The van der Waals surface area contributed by atoms with E-state index < -0.39 is 18.2 Å². The molecule has 0 N–H and O–H groups in total. The average Bonchev–Trinajstić information content (AvgIpc) is 2.63. The Kier molecular flexibility index (Phi) is 9.79. The Hall–Kier alpha value is -2.52. The SMILES string of the molecule is CCOC(=O)C(OC(=O)OCC#CCN(CC)CC)c1ccccc1. The average molecular weight is 347 g/mol. The van der Waals surface area contributed by atoms with E-state index in [2.05, 4.69) is 30.6 Å². The molecule has 1 aromatic rings. The van der Waals surface area contributed by atoms with Crippen LogP contribution < -0.4 is 0 Å². The van der Waals surface area contributed by atoms with Gasteiger partial charge in [-0.3, -0.25) is 4.90 Å². The van der Waals surface area contributed by atoms with Gasteiger partial charge >= 0.3 is 12.1 Å². The van der Waals surface area contributed by atoms with Crippen LogP contribution in [0.5, 0.6) is 0 Å². The van der Waals surface area contributed by atoms with Crippen LogP contribution in [-0.4, -0.2) is 49.9 Å². The largest absolute Gasteiger partial charge is 0.510 e. The van der Waals surface area contributed by atoms with Gasteiger partial charge in [0.2, 0.25) is 6.10 Å². The lowest BCUT2D eigenvalue weighted by Gasteiger charge is -2.16. The Balaban J connectivity index is 2.56. The predicted octanol–water partition coefficient (Wildman–Crippen LogP) is 2.79. The van der Waals surface area contributed by atoms with Gasteiger partial charge in [0, 0.05) is 5.56 Å². The van der Waals surface area contributed by atoms with Gasteiger partial charge < -0.3 is 14.2 Å². The smallest absolute Gasteiger partial charge is 0.463 e. The molecule has 0 aliphatic carbocycles. The molecule has 1 rings (SSSR count). The van der Waals surface area contributed by atoms with Crippen LogP contribution in [0.1, 0.15) is 32.4 Å². The third-order valence-corrected chi connectivity index (χ3v) is 3.40. The number of benzene rings is 1. The first-order valence-corrected chi connectivity index (χ1v) is 8.35. The second-order valence-corrected chi connectivity index (χ2v) is 5.01. The van der Waals surface area contributed by atoms with Crippen molar-refractivity contribution in [1.29, 1.82) is 0 Å². The molecule has 25 heavy (non-hydrogen) atoms. The summed E-state index contributed by atoms with van der Waals surface area (Å²) in [6.07, 6.45) is -2.11. The summed E-state index contributed by atoms with van der Waals surface area (Å²) in [5, 5.41) is 0. The highest BCUT2D eigenvalue weighted by atomic mass is 16.7. The van der Waals surface area contributed by atoms with Crippen LogP contribution in [0.15, 0.2) is 30.3 Å². The third kappa shape index (κ3) is 7.73. The monoisotopic (exact) mass is 347 g/mol. The van der Waals surface area contributed by atoms with Gasteiger partial charge in [0.25, 0.3) is 0 Å². The Morgan fingerprint density at radius 1 is 1.04 bits per heavy atom. The molecule has 1 aromatic carbocycles. The molecule has 0 amide bonds. The van der Waals surface area contributed by atoms with Gasteiger partial charge in [-0.1, -0.05) is 56.0 Å². The molecule has 0 aliphatic rings. The lowest BCUT2D eigenvalue weighted by Crippen LogP contribution is -2.23. The molecule has 1 atom stereocenters. The van der Waals surface area contributed by atoms with E-state index in [0.717, 1.165) is 13.1 Å². The van der Waals surface area contributed by atoms with E-state index >= 15 is 0 Å². The normalized spacial score (nSPS) is 11.2. The molecule has 6 heteroatoms. The van der Waals surface area contributed by atoms with Crippen molar-refractivity contribution in [2.24, 2.45) is 0 Å². The van der Waals surface area contributed by atoms with Crippen LogP contribution >= 0.6 is 0 Å². The molecule has 0 radical (unpaired) electrons. The minimum Gasteiger partial charge on any atom is -0.463 e. The van der Waals surface area contributed by atoms with Gasteiger partial charge in [-0.15, -0.1) is 0 Å². The van der Waals surface area contributed by atoms with Crippen LogP contribution in [0.4, 0.5) is 4.79 Å². The van der Waals surface area contributed by atoms with Crippen molar-refractivity contribution in [1.82, 2.24) is 4.90 Å². The molecule has 0 spiro atoms. The predicted molar refractivity (Wildman–Crippen MR) is 93.8 cm³/mol. The van der Waals surface area contributed by atoms with Crippen LogP contribution in [0.3, 0.4) is 0 Å². The van der Waals surface area contributed by atoms with Crippen molar-refractivity contribution in [2.75, 3.05) is 32.8 Å². The van der Waals surface area contributed by atoms with E-state index in [4.69, 9.17) is 14.2 Å². The fourth-order valence-corrected chi connectivity index (χ4v) is 1.99. The zero-order valence-electron chi connectivity index (χ0n) is 15.0. The highest BCUT2D eigenvalue weighted by molar-refractivity contribution is 5.79. The Labute approximate surface area is 149 Å². The summed E-state index contributed by atoms with van der Waals surface area (Å²) >= 11 is 0. The number of carbonyl (C=O) groups excluding carboxylic acids is 2. The number of carbonyl (C=O) groups is 2. The Morgan fingerprint density at radius 2 is 1.72 bits per heavy atom. The van der Waals surface area contributed by atoms with Gasteiger partial charge in [0.15, 0.2) is 6.61 Å². The van der Waals surface area contributed by atoms with E-state index in [1.165, 1.54) is 0 Å². The van der Waals surface area contributed by atoms with Gasteiger partial charge in [0.05, 0.1) is 13.2 Å². The fraction of sp³-hybridized carbons (Fsp3) is 0.474. The molecular formula is C19H25NO5. The molecular weight excluding hydrogens is 322 g/mol. The standard InChI is InChI=1S/C19H25NO5/c1-4-20(5-2)14-10-11-15-24-19(22)25-17(18(21)23-6-3)16-12-8-7-9-13-16/h7-9,12-13,17H,4-6,14-15H2,1-3H3. The van der Waals surface area contributed by atoms with Crippen molar-refractivity contribution in [3.63, 3.8) is 0 Å². The maximum absolute atomic E-state index is 12.0. The van der Waals surface area contributed by atoms with E-state index in [0.29, 0.717) is 12.1 Å².